The molecule has 31 heavy (non-hydrogen) atoms. The number of methoxy groups -OCH3 is 1. The van der Waals surface area contributed by atoms with Crippen molar-refractivity contribution in [1.29, 1.82) is 0 Å². The molecule has 0 atom stereocenters. The van der Waals surface area contributed by atoms with Gasteiger partial charge in [-0.15, -0.1) is 0 Å². The predicted molar refractivity (Wildman–Crippen MR) is 117 cm³/mol. The SMILES string of the molecule is COc1cc(C=NNC(=O)c2ccccc2OCc2ccccc2)ccc1OC(C)=O. The minimum Gasteiger partial charge on any atom is -0.493 e. The number of ether oxygens (including phenoxy) is 3. The number of rotatable bonds is 8. The average Bonchev–Trinajstić information content (AvgIpc) is 2.79. The van der Waals surface area contributed by atoms with Gasteiger partial charge in [-0.3, -0.25) is 9.59 Å². The van der Waals surface area contributed by atoms with Crippen LogP contribution in [0.5, 0.6) is 17.2 Å². The van der Waals surface area contributed by atoms with Crippen LogP contribution in [-0.4, -0.2) is 25.2 Å². The molecule has 0 fully saturated rings. The van der Waals surface area contributed by atoms with Crippen LogP contribution in [0, 0.1) is 0 Å². The lowest BCUT2D eigenvalue weighted by molar-refractivity contribution is -0.132. The molecule has 7 heteroatoms. The summed E-state index contributed by atoms with van der Waals surface area (Å²) in [7, 11) is 1.47. The highest BCUT2D eigenvalue weighted by Gasteiger charge is 2.12. The summed E-state index contributed by atoms with van der Waals surface area (Å²) in [5, 5.41) is 4.00. The topological polar surface area (TPSA) is 86.2 Å². The normalized spacial score (nSPS) is 10.5. The van der Waals surface area contributed by atoms with E-state index in [9.17, 15) is 9.59 Å². The molecule has 0 radical (unpaired) electrons. The Morgan fingerprint density at radius 1 is 0.935 bits per heavy atom. The first-order valence-corrected chi connectivity index (χ1v) is 9.52. The first-order valence-electron chi connectivity index (χ1n) is 9.52. The summed E-state index contributed by atoms with van der Waals surface area (Å²) in [6, 6.07) is 21.6. The maximum absolute atomic E-state index is 12.6. The fraction of sp³-hybridized carbons (Fsp3) is 0.125. The van der Waals surface area contributed by atoms with Gasteiger partial charge in [0.1, 0.15) is 12.4 Å². The van der Waals surface area contributed by atoms with Gasteiger partial charge in [-0.2, -0.15) is 5.10 Å². The average molecular weight is 418 g/mol. The summed E-state index contributed by atoms with van der Waals surface area (Å²) in [5.41, 5.74) is 4.52. The number of hydrazone groups is 1. The van der Waals surface area contributed by atoms with Gasteiger partial charge in [0.05, 0.1) is 18.9 Å². The number of esters is 1. The zero-order valence-electron chi connectivity index (χ0n) is 17.2. The van der Waals surface area contributed by atoms with Crippen molar-refractivity contribution in [2.75, 3.05) is 7.11 Å². The molecule has 3 aromatic carbocycles. The molecule has 0 spiro atoms. The van der Waals surface area contributed by atoms with Gasteiger partial charge in [0, 0.05) is 6.92 Å². The molecule has 0 aromatic heterocycles. The molecule has 0 aliphatic carbocycles. The predicted octanol–water partition coefficient (Wildman–Crippen LogP) is 3.96. The summed E-state index contributed by atoms with van der Waals surface area (Å²) in [5.74, 6) is 0.306. The fourth-order valence-corrected chi connectivity index (χ4v) is 2.74. The smallest absolute Gasteiger partial charge is 0.308 e. The second kappa shape index (κ2) is 10.6. The van der Waals surface area contributed by atoms with Crippen LogP contribution in [0.15, 0.2) is 77.9 Å². The van der Waals surface area contributed by atoms with Crippen molar-refractivity contribution in [2.24, 2.45) is 5.10 Å². The summed E-state index contributed by atoms with van der Waals surface area (Å²) < 4.78 is 16.1. The number of hydrogen-bond donors (Lipinski definition) is 1. The van der Waals surface area contributed by atoms with Gasteiger partial charge < -0.3 is 14.2 Å². The quantitative estimate of drug-likeness (QED) is 0.259. The van der Waals surface area contributed by atoms with Crippen LogP contribution < -0.4 is 19.6 Å². The standard InChI is InChI=1S/C24H22N2O5/c1-17(27)31-22-13-12-19(14-23(22)29-2)15-25-26-24(28)20-10-6-7-11-21(20)30-16-18-8-4-3-5-9-18/h3-15H,16H2,1-2H3,(H,26,28). The van der Waals surface area contributed by atoms with Crippen LogP contribution in [0.4, 0.5) is 0 Å². The number of benzene rings is 3. The van der Waals surface area contributed by atoms with Crippen molar-refractivity contribution >= 4 is 18.1 Å². The Kier molecular flexibility index (Phi) is 7.37. The van der Waals surface area contributed by atoms with Crippen molar-refractivity contribution in [2.45, 2.75) is 13.5 Å². The number of nitrogens with one attached hydrogen (secondary N) is 1. The molecule has 0 aliphatic rings. The van der Waals surface area contributed by atoms with E-state index in [4.69, 9.17) is 14.2 Å². The number of para-hydroxylation sites is 1. The number of nitrogens with zero attached hydrogens (tertiary/aromatic N) is 1. The third-order valence-corrected chi connectivity index (χ3v) is 4.19. The lowest BCUT2D eigenvalue weighted by Gasteiger charge is -2.10. The molecule has 0 saturated heterocycles. The van der Waals surface area contributed by atoms with Gasteiger partial charge in [-0.05, 0) is 41.5 Å². The van der Waals surface area contributed by atoms with E-state index in [0.717, 1.165) is 5.56 Å². The van der Waals surface area contributed by atoms with Gasteiger partial charge in [0.15, 0.2) is 11.5 Å². The minimum atomic E-state index is -0.444. The van der Waals surface area contributed by atoms with Crippen LogP contribution in [0.25, 0.3) is 0 Å². The first kappa shape index (κ1) is 21.6. The Balaban J connectivity index is 1.65. The van der Waals surface area contributed by atoms with Crippen LogP contribution in [0.1, 0.15) is 28.4 Å². The van der Waals surface area contributed by atoms with Crippen molar-refractivity contribution in [3.05, 3.63) is 89.5 Å². The maximum Gasteiger partial charge on any atom is 0.308 e. The largest absolute Gasteiger partial charge is 0.493 e. The lowest BCUT2D eigenvalue weighted by Crippen LogP contribution is -2.18. The number of amides is 1. The van der Waals surface area contributed by atoms with Crippen LogP contribution in [0.2, 0.25) is 0 Å². The monoisotopic (exact) mass is 418 g/mol. The first-order chi connectivity index (χ1) is 15.1. The van der Waals surface area contributed by atoms with E-state index in [1.54, 1.807) is 42.5 Å². The van der Waals surface area contributed by atoms with Crippen LogP contribution in [-0.2, 0) is 11.4 Å². The summed E-state index contributed by atoms with van der Waals surface area (Å²) in [4.78, 5) is 23.7. The van der Waals surface area contributed by atoms with Crippen molar-refractivity contribution < 1.29 is 23.8 Å². The molecular weight excluding hydrogens is 396 g/mol. The van der Waals surface area contributed by atoms with Crippen molar-refractivity contribution in [3.63, 3.8) is 0 Å². The highest BCUT2D eigenvalue weighted by atomic mass is 16.6. The molecule has 7 nitrogen and oxygen atoms in total. The van der Waals surface area contributed by atoms with E-state index in [2.05, 4.69) is 10.5 Å². The highest BCUT2D eigenvalue weighted by molar-refractivity contribution is 5.97. The summed E-state index contributed by atoms with van der Waals surface area (Å²) in [6.45, 7) is 1.66. The van der Waals surface area contributed by atoms with Crippen molar-refractivity contribution in [1.82, 2.24) is 5.43 Å². The van der Waals surface area contributed by atoms with Crippen LogP contribution in [0.3, 0.4) is 0 Å². The Labute approximate surface area is 180 Å². The maximum atomic E-state index is 12.6. The van der Waals surface area contributed by atoms with E-state index in [0.29, 0.717) is 35.0 Å². The zero-order chi connectivity index (χ0) is 22.1. The third kappa shape index (κ3) is 6.17. The molecule has 0 heterocycles. The van der Waals surface area contributed by atoms with E-state index in [-0.39, 0.29) is 0 Å². The Bertz CT molecular complexity index is 1080. The Morgan fingerprint density at radius 3 is 2.42 bits per heavy atom. The second-order valence-electron chi connectivity index (χ2n) is 6.47. The van der Waals surface area contributed by atoms with Gasteiger partial charge in [0.25, 0.3) is 5.91 Å². The highest BCUT2D eigenvalue weighted by Crippen LogP contribution is 2.27. The van der Waals surface area contributed by atoms with Gasteiger partial charge in [-0.25, -0.2) is 5.43 Å². The molecule has 1 amide bonds. The molecule has 3 aromatic rings. The molecule has 3 rings (SSSR count). The molecular formula is C24H22N2O5. The lowest BCUT2D eigenvalue weighted by atomic mass is 10.2. The fourth-order valence-electron chi connectivity index (χ4n) is 2.74. The summed E-state index contributed by atoms with van der Waals surface area (Å²) >= 11 is 0. The van der Waals surface area contributed by atoms with E-state index in [1.807, 2.05) is 30.3 Å². The molecule has 158 valence electrons. The van der Waals surface area contributed by atoms with E-state index < -0.39 is 11.9 Å². The molecule has 0 unspecified atom stereocenters. The second-order valence-corrected chi connectivity index (χ2v) is 6.47. The number of hydrogen-bond acceptors (Lipinski definition) is 6. The van der Waals surface area contributed by atoms with Crippen molar-refractivity contribution in [3.8, 4) is 17.2 Å². The summed E-state index contributed by atoms with van der Waals surface area (Å²) in [6.07, 6.45) is 1.46. The van der Waals surface area contributed by atoms with Gasteiger partial charge in [-0.1, -0.05) is 42.5 Å². The molecule has 0 aliphatic heterocycles. The van der Waals surface area contributed by atoms with Gasteiger partial charge >= 0.3 is 5.97 Å². The Morgan fingerprint density at radius 2 is 1.68 bits per heavy atom. The third-order valence-electron chi connectivity index (χ3n) is 4.19. The number of carbonyl (C=O) groups is 2. The van der Waals surface area contributed by atoms with Gasteiger partial charge in [0.2, 0.25) is 0 Å². The van der Waals surface area contributed by atoms with E-state index >= 15 is 0 Å². The van der Waals surface area contributed by atoms with Crippen LogP contribution >= 0.6 is 0 Å². The zero-order valence-corrected chi connectivity index (χ0v) is 17.2. The number of carbonyl (C=O) groups excluding carboxylic acids is 2. The Hall–Kier alpha value is -4.13. The minimum absolute atomic E-state index is 0.306. The molecule has 0 saturated carbocycles. The molecule has 0 bridgehead atoms. The van der Waals surface area contributed by atoms with E-state index in [1.165, 1.54) is 20.2 Å². The molecule has 1 N–H and O–H groups in total.